The van der Waals surface area contributed by atoms with Crippen LogP contribution in [-0.2, 0) is 16.3 Å². The summed E-state index contributed by atoms with van der Waals surface area (Å²) < 4.78 is 17.5. The minimum atomic E-state index is -3.00. The zero-order chi connectivity index (χ0) is 17.7. The molecule has 0 saturated heterocycles. The van der Waals surface area contributed by atoms with E-state index in [9.17, 15) is 0 Å². The topological polar surface area (TPSA) is 27.7 Å². The van der Waals surface area contributed by atoms with Crippen molar-refractivity contribution in [3.8, 4) is 11.5 Å². The van der Waals surface area contributed by atoms with Crippen LogP contribution in [0.3, 0.4) is 0 Å². The second-order valence-electron chi connectivity index (χ2n) is 5.28. The lowest BCUT2D eigenvalue weighted by Gasteiger charge is -2.23. The summed E-state index contributed by atoms with van der Waals surface area (Å²) >= 11 is 17.7. The third-order valence-electron chi connectivity index (χ3n) is 3.15. The lowest BCUT2D eigenvalue weighted by Crippen LogP contribution is -2.06. The number of aryl methyl sites for hydroxylation is 2. The molecule has 0 unspecified atom stereocenters. The lowest BCUT2D eigenvalue weighted by atomic mass is 10.2. The third kappa shape index (κ3) is 5.37. The molecule has 2 aromatic carbocycles. The van der Waals surface area contributed by atoms with Crippen LogP contribution in [0, 0.1) is 13.8 Å². The van der Waals surface area contributed by atoms with Gasteiger partial charge >= 0.3 is 6.72 Å². The highest BCUT2D eigenvalue weighted by Crippen LogP contribution is 2.50. The maximum absolute atomic E-state index is 6.05. The van der Waals surface area contributed by atoms with Crippen molar-refractivity contribution >= 4 is 41.7 Å². The molecule has 0 aliphatic heterocycles. The average molecular weight is 405 g/mol. The lowest BCUT2D eigenvalue weighted by molar-refractivity contribution is 0.262. The second-order valence-corrected chi connectivity index (χ2v) is 8.96. The molecule has 0 amide bonds. The summed E-state index contributed by atoms with van der Waals surface area (Å²) in [6.07, 6.45) is 0.810. The highest BCUT2D eigenvalue weighted by Gasteiger charge is 2.25. The molecule has 0 bridgehead atoms. The molecule has 24 heavy (non-hydrogen) atoms. The Hall–Kier alpha value is -0.770. The molecule has 130 valence electrons. The molecule has 0 aliphatic carbocycles. The number of benzene rings is 2. The molecule has 2 rings (SSSR count). The zero-order valence-electron chi connectivity index (χ0n) is 13.7. The van der Waals surface area contributed by atoms with E-state index in [1.807, 2.05) is 32.9 Å². The monoisotopic (exact) mass is 404 g/mol. The van der Waals surface area contributed by atoms with Crippen molar-refractivity contribution in [3.05, 3.63) is 57.6 Å². The average Bonchev–Trinajstić information content (AvgIpc) is 2.53. The molecular weight excluding hydrogens is 386 g/mol. The van der Waals surface area contributed by atoms with E-state index in [1.165, 1.54) is 0 Å². The van der Waals surface area contributed by atoms with Crippen LogP contribution in [0.2, 0.25) is 10.0 Å². The van der Waals surface area contributed by atoms with E-state index in [0.717, 1.165) is 17.5 Å². The quantitative estimate of drug-likeness (QED) is 0.478. The Morgan fingerprint density at radius 3 is 1.75 bits per heavy atom. The fourth-order valence-electron chi connectivity index (χ4n) is 1.88. The first-order chi connectivity index (χ1) is 11.3. The van der Waals surface area contributed by atoms with Gasteiger partial charge in [-0.2, -0.15) is 0 Å². The van der Waals surface area contributed by atoms with Crippen molar-refractivity contribution in [2.45, 2.75) is 27.2 Å². The Morgan fingerprint density at radius 2 is 1.38 bits per heavy atom. The van der Waals surface area contributed by atoms with Crippen LogP contribution in [0.15, 0.2) is 36.4 Å². The van der Waals surface area contributed by atoms with Crippen molar-refractivity contribution < 1.29 is 13.6 Å². The third-order valence-corrected chi connectivity index (χ3v) is 6.13. The summed E-state index contributed by atoms with van der Waals surface area (Å²) in [7, 11) is 0. The van der Waals surface area contributed by atoms with E-state index < -0.39 is 6.72 Å². The number of rotatable bonds is 7. The van der Waals surface area contributed by atoms with Gasteiger partial charge in [-0.15, -0.1) is 0 Å². The van der Waals surface area contributed by atoms with Gasteiger partial charge in [0.25, 0.3) is 0 Å². The molecule has 0 aliphatic rings. The summed E-state index contributed by atoms with van der Waals surface area (Å²) in [4.78, 5) is 0. The Morgan fingerprint density at radius 1 is 0.917 bits per heavy atom. The Labute approximate surface area is 158 Å². The smallest absolute Gasteiger partial charge is 0.416 e. The Kier molecular flexibility index (Phi) is 6.97. The molecule has 0 heterocycles. The van der Waals surface area contributed by atoms with Crippen molar-refractivity contribution in [1.82, 2.24) is 0 Å². The first-order valence-electron chi connectivity index (χ1n) is 7.49. The van der Waals surface area contributed by atoms with E-state index in [4.69, 9.17) is 48.6 Å². The van der Waals surface area contributed by atoms with Crippen LogP contribution in [0.5, 0.6) is 11.5 Å². The summed E-state index contributed by atoms with van der Waals surface area (Å²) in [5.74, 6) is 1.14. The van der Waals surface area contributed by atoms with Gasteiger partial charge in [-0.25, -0.2) is 0 Å². The molecule has 2 aromatic rings. The molecule has 0 spiro atoms. The van der Waals surface area contributed by atoms with Crippen LogP contribution in [0.1, 0.15) is 24.5 Å². The van der Waals surface area contributed by atoms with Crippen LogP contribution >= 0.6 is 29.9 Å². The molecular formula is C17H19Cl2O3PS. The van der Waals surface area contributed by atoms with E-state index in [0.29, 0.717) is 28.2 Å². The fourth-order valence-corrected chi connectivity index (χ4v) is 4.15. The van der Waals surface area contributed by atoms with Gasteiger partial charge in [0.1, 0.15) is 11.5 Å². The van der Waals surface area contributed by atoms with Gasteiger partial charge < -0.3 is 9.05 Å². The van der Waals surface area contributed by atoms with E-state index in [2.05, 4.69) is 0 Å². The SMILES string of the molecule is CCCOP(=S)(Oc1ccc(Cl)c(C)c1)Oc1ccc(Cl)c(C)c1. The highest BCUT2D eigenvalue weighted by molar-refractivity contribution is 8.07. The van der Waals surface area contributed by atoms with Gasteiger partial charge in [-0.05, 0) is 67.8 Å². The molecule has 7 heteroatoms. The Balaban J connectivity index is 2.25. The van der Waals surface area contributed by atoms with E-state index >= 15 is 0 Å². The van der Waals surface area contributed by atoms with E-state index in [-0.39, 0.29) is 0 Å². The van der Waals surface area contributed by atoms with Crippen molar-refractivity contribution in [2.75, 3.05) is 6.61 Å². The zero-order valence-corrected chi connectivity index (χ0v) is 16.9. The molecule has 0 fully saturated rings. The molecule has 0 atom stereocenters. The van der Waals surface area contributed by atoms with Gasteiger partial charge in [-0.1, -0.05) is 30.1 Å². The largest absolute Gasteiger partial charge is 0.434 e. The fraction of sp³-hybridized carbons (Fsp3) is 0.294. The van der Waals surface area contributed by atoms with Crippen LogP contribution < -0.4 is 9.05 Å². The predicted octanol–water partition coefficient (Wildman–Crippen LogP) is 6.72. The summed E-state index contributed by atoms with van der Waals surface area (Å²) in [6.45, 7) is 3.25. The van der Waals surface area contributed by atoms with Crippen molar-refractivity contribution in [2.24, 2.45) is 0 Å². The predicted molar refractivity (Wildman–Crippen MR) is 104 cm³/mol. The minimum Gasteiger partial charge on any atom is -0.416 e. The number of hydrogen-bond donors (Lipinski definition) is 0. The number of hydrogen-bond acceptors (Lipinski definition) is 4. The molecule has 3 nitrogen and oxygen atoms in total. The van der Waals surface area contributed by atoms with Gasteiger partial charge in [0.15, 0.2) is 0 Å². The molecule has 0 aromatic heterocycles. The van der Waals surface area contributed by atoms with Gasteiger partial charge in [0.2, 0.25) is 0 Å². The normalized spacial score (nSPS) is 11.4. The summed E-state index contributed by atoms with van der Waals surface area (Å²) in [5, 5.41) is 1.33. The summed E-state index contributed by atoms with van der Waals surface area (Å²) in [6, 6.07) is 10.7. The van der Waals surface area contributed by atoms with Crippen molar-refractivity contribution in [3.63, 3.8) is 0 Å². The van der Waals surface area contributed by atoms with Crippen molar-refractivity contribution in [1.29, 1.82) is 0 Å². The Bertz CT molecular complexity index is 710. The second kappa shape index (κ2) is 8.55. The van der Waals surface area contributed by atoms with Gasteiger partial charge in [-0.3, -0.25) is 4.52 Å². The minimum absolute atomic E-state index is 0.455. The maximum Gasteiger partial charge on any atom is 0.434 e. The van der Waals surface area contributed by atoms with Gasteiger partial charge in [0.05, 0.1) is 6.61 Å². The van der Waals surface area contributed by atoms with Crippen LogP contribution in [0.4, 0.5) is 0 Å². The van der Waals surface area contributed by atoms with E-state index in [1.54, 1.807) is 24.3 Å². The van der Waals surface area contributed by atoms with Crippen LogP contribution in [-0.4, -0.2) is 6.61 Å². The number of halogens is 2. The highest BCUT2D eigenvalue weighted by atomic mass is 35.5. The molecule has 0 radical (unpaired) electrons. The van der Waals surface area contributed by atoms with Gasteiger partial charge in [0, 0.05) is 21.9 Å². The first kappa shape index (κ1) is 19.6. The molecule has 0 N–H and O–H groups in total. The summed E-state index contributed by atoms with van der Waals surface area (Å²) in [5.41, 5.74) is 1.79. The maximum atomic E-state index is 6.05. The van der Waals surface area contributed by atoms with Crippen LogP contribution in [0.25, 0.3) is 0 Å². The standard InChI is InChI=1S/C17H19Cl2O3PS/c1-4-9-20-23(24,21-14-5-7-16(18)12(2)10-14)22-15-6-8-17(19)13(3)11-15/h5-8,10-11H,4,9H2,1-3H3. The first-order valence-corrected chi connectivity index (χ1v) is 10.8. The molecule has 0 saturated carbocycles.